The van der Waals surface area contributed by atoms with Crippen LogP contribution in [0, 0.1) is 0 Å². The Morgan fingerprint density at radius 2 is 1.96 bits per heavy atom. The minimum atomic E-state index is -4.58. The Bertz CT molecular complexity index is 793. The molecule has 1 aromatic carbocycles. The molecule has 152 valence electrons. The van der Waals surface area contributed by atoms with Gasteiger partial charge in [0.15, 0.2) is 5.82 Å². The van der Waals surface area contributed by atoms with Gasteiger partial charge in [0.25, 0.3) is 0 Å². The van der Waals surface area contributed by atoms with Gasteiger partial charge in [0.1, 0.15) is 17.4 Å². The lowest BCUT2D eigenvalue weighted by Gasteiger charge is -2.23. The fourth-order valence-electron chi connectivity index (χ4n) is 3.15. The summed E-state index contributed by atoms with van der Waals surface area (Å²) in [7, 11) is 1.54. The molecule has 0 amide bonds. The summed E-state index contributed by atoms with van der Waals surface area (Å²) >= 11 is 0. The second kappa shape index (κ2) is 8.67. The van der Waals surface area contributed by atoms with Crippen molar-refractivity contribution in [1.29, 1.82) is 0 Å². The van der Waals surface area contributed by atoms with E-state index in [0.29, 0.717) is 18.0 Å². The van der Waals surface area contributed by atoms with Gasteiger partial charge in [-0.25, -0.2) is 4.98 Å². The van der Waals surface area contributed by atoms with Crippen molar-refractivity contribution in [2.75, 3.05) is 18.6 Å². The third-order valence-electron chi connectivity index (χ3n) is 4.62. The minimum absolute atomic E-state index is 0.0277. The predicted molar refractivity (Wildman–Crippen MR) is 100 cm³/mol. The number of nitrogens with zero attached hydrogens (tertiary/aromatic N) is 3. The summed E-state index contributed by atoms with van der Waals surface area (Å²) in [5.41, 5.74) is -0.377. The van der Waals surface area contributed by atoms with E-state index in [0.717, 1.165) is 38.3 Å². The molecule has 8 heteroatoms. The van der Waals surface area contributed by atoms with Crippen molar-refractivity contribution in [2.45, 2.75) is 51.3 Å². The number of halogens is 3. The van der Waals surface area contributed by atoms with Gasteiger partial charge >= 0.3 is 12.2 Å². The maximum atomic E-state index is 13.5. The van der Waals surface area contributed by atoms with Crippen LogP contribution in [-0.4, -0.2) is 29.7 Å². The molecule has 3 rings (SSSR count). The van der Waals surface area contributed by atoms with Gasteiger partial charge in [-0.3, -0.25) is 0 Å². The summed E-state index contributed by atoms with van der Waals surface area (Å²) in [6, 6.07) is 6.88. The van der Waals surface area contributed by atoms with E-state index in [1.807, 2.05) is 6.92 Å². The standard InChI is InChI=1S/C20H24F3N3O2/c1-3-11-27-16-10-6-7-14(12-16)26(2)18-17(20(21,22)23)13-24-19(25-18)28-15-8-4-5-9-15/h6-7,10,12-13,15H,3-5,8-9,11H2,1-2H3. The lowest BCUT2D eigenvalue weighted by atomic mass is 10.2. The first-order valence-electron chi connectivity index (χ1n) is 9.46. The number of aromatic nitrogens is 2. The zero-order valence-corrected chi connectivity index (χ0v) is 16.0. The molecule has 2 aromatic rings. The van der Waals surface area contributed by atoms with Crippen LogP contribution in [0.5, 0.6) is 11.8 Å². The van der Waals surface area contributed by atoms with Crippen molar-refractivity contribution >= 4 is 11.5 Å². The van der Waals surface area contributed by atoms with E-state index >= 15 is 0 Å². The highest BCUT2D eigenvalue weighted by atomic mass is 19.4. The van der Waals surface area contributed by atoms with Crippen LogP contribution in [0.4, 0.5) is 24.7 Å². The minimum Gasteiger partial charge on any atom is -0.494 e. The number of alkyl halides is 3. The molecule has 28 heavy (non-hydrogen) atoms. The summed E-state index contributed by atoms with van der Waals surface area (Å²) in [6.45, 7) is 2.52. The van der Waals surface area contributed by atoms with Crippen molar-refractivity contribution in [3.8, 4) is 11.8 Å². The molecule has 0 unspecified atom stereocenters. The molecule has 0 spiro atoms. The van der Waals surface area contributed by atoms with E-state index in [4.69, 9.17) is 9.47 Å². The number of benzene rings is 1. The van der Waals surface area contributed by atoms with Crippen molar-refractivity contribution in [3.63, 3.8) is 0 Å². The fraction of sp³-hybridized carbons (Fsp3) is 0.500. The monoisotopic (exact) mass is 395 g/mol. The van der Waals surface area contributed by atoms with Gasteiger partial charge in [0.2, 0.25) is 0 Å². The Morgan fingerprint density at radius 3 is 2.64 bits per heavy atom. The average molecular weight is 395 g/mol. The van der Waals surface area contributed by atoms with Gasteiger partial charge in [-0.05, 0) is 44.2 Å². The zero-order valence-electron chi connectivity index (χ0n) is 16.0. The molecule has 0 N–H and O–H groups in total. The summed E-state index contributed by atoms with van der Waals surface area (Å²) < 4.78 is 51.9. The summed E-state index contributed by atoms with van der Waals surface area (Å²) in [5.74, 6) is 0.347. The summed E-state index contributed by atoms with van der Waals surface area (Å²) in [6.07, 6.45) is 0.836. The number of hydrogen-bond acceptors (Lipinski definition) is 5. The molecule has 5 nitrogen and oxygen atoms in total. The predicted octanol–water partition coefficient (Wildman–Crippen LogP) is 5.37. The van der Waals surface area contributed by atoms with Gasteiger partial charge < -0.3 is 14.4 Å². The maximum Gasteiger partial charge on any atom is 0.421 e. The zero-order chi connectivity index (χ0) is 20.1. The summed E-state index contributed by atoms with van der Waals surface area (Å²) in [5, 5.41) is 0. The van der Waals surface area contributed by atoms with Crippen LogP contribution in [0.3, 0.4) is 0 Å². The highest BCUT2D eigenvalue weighted by molar-refractivity contribution is 5.64. The van der Waals surface area contributed by atoms with Gasteiger partial charge in [0.05, 0.1) is 6.61 Å². The average Bonchev–Trinajstić information content (AvgIpc) is 3.18. The number of ether oxygens (including phenoxy) is 2. The second-order valence-electron chi connectivity index (χ2n) is 6.82. The Balaban J connectivity index is 1.92. The van der Waals surface area contributed by atoms with Crippen LogP contribution in [0.1, 0.15) is 44.6 Å². The first-order valence-corrected chi connectivity index (χ1v) is 9.46. The third-order valence-corrected chi connectivity index (χ3v) is 4.62. The molecule has 0 bridgehead atoms. The number of hydrogen-bond donors (Lipinski definition) is 0. The van der Waals surface area contributed by atoms with E-state index in [1.54, 1.807) is 24.3 Å². The maximum absolute atomic E-state index is 13.5. The Labute approximate surface area is 162 Å². The largest absolute Gasteiger partial charge is 0.494 e. The molecule has 1 aliphatic rings. The third kappa shape index (κ3) is 4.85. The molecule has 1 aliphatic carbocycles. The molecule has 0 atom stereocenters. The fourth-order valence-corrected chi connectivity index (χ4v) is 3.15. The van der Waals surface area contributed by atoms with Crippen molar-refractivity contribution in [1.82, 2.24) is 9.97 Å². The van der Waals surface area contributed by atoms with Crippen LogP contribution in [0.25, 0.3) is 0 Å². The Morgan fingerprint density at radius 1 is 1.21 bits per heavy atom. The normalized spacial score (nSPS) is 14.9. The van der Waals surface area contributed by atoms with Crippen LogP contribution < -0.4 is 14.4 Å². The Kier molecular flexibility index (Phi) is 6.26. The molecular formula is C20H24F3N3O2. The number of anilines is 2. The van der Waals surface area contributed by atoms with Gasteiger partial charge in [-0.15, -0.1) is 0 Å². The van der Waals surface area contributed by atoms with E-state index < -0.39 is 11.7 Å². The van der Waals surface area contributed by atoms with E-state index in [1.165, 1.54) is 11.9 Å². The first-order chi connectivity index (χ1) is 13.4. The van der Waals surface area contributed by atoms with Crippen molar-refractivity contribution < 1.29 is 22.6 Å². The Hall–Kier alpha value is -2.51. The molecular weight excluding hydrogens is 371 g/mol. The first kappa shape index (κ1) is 20.2. The molecule has 1 fully saturated rings. The lowest BCUT2D eigenvalue weighted by molar-refractivity contribution is -0.137. The molecule has 1 saturated carbocycles. The highest BCUT2D eigenvalue weighted by Crippen LogP contribution is 2.38. The van der Waals surface area contributed by atoms with Gasteiger partial charge in [-0.2, -0.15) is 18.2 Å². The van der Waals surface area contributed by atoms with Crippen LogP contribution in [0.2, 0.25) is 0 Å². The SMILES string of the molecule is CCCOc1cccc(N(C)c2nc(OC3CCCC3)ncc2C(F)(F)F)c1. The van der Waals surface area contributed by atoms with E-state index in [9.17, 15) is 13.2 Å². The van der Waals surface area contributed by atoms with Crippen molar-refractivity contribution in [3.05, 3.63) is 36.0 Å². The van der Waals surface area contributed by atoms with Crippen LogP contribution >= 0.6 is 0 Å². The lowest BCUT2D eigenvalue weighted by Crippen LogP contribution is -2.21. The van der Waals surface area contributed by atoms with Crippen molar-refractivity contribution in [2.24, 2.45) is 0 Å². The van der Waals surface area contributed by atoms with E-state index in [2.05, 4.69) is 9.97 Å². The van der Waals surface area contributed by atoms with Gasteiger partial charge in [-0.1, -0.05) is 13.0 Å². The van der Waals surface area contributed by atoms with E-state index in [-0.39, 0.29) is 17.9 Å². The molecule has 1 heterocycles. The molecule has 0 saturated heterocycles. The molecule has 0 radical (unpaired) electrons. The summed E-state index contributed by atoms with van der Waals surface area (Å²) in [4.78, 5) is 9.28. The van der Waals surface area contributed by atoms with Crippen LogP contribution in [0.15, 0.2) is 30.5 Å². The highest BCUT2D eigenvalue weighted by Gasteiger charge is 2.37. The smallest absolute Gasteiger partial charge is 0.421 e. The van der Waals surface area contributed by atoms with Crippen LogP contribution in [-0.2, 0) is 6.18 Å². The molecule has 0 aliphatic heterocycles. The quantitative estimate of drug-likeness (QED) is 0.630. The topological polar surface area (TPSA) is 47.5 Å². The number of rotatable bonds is 7. The second-order valence-corrected chi connectivity index (χ2v) is 6.82. The molecule has 1 aromatic heterocycles. The van der Waals surface area contributed by atoms with Gasteiger partial charge in [0, 0.05) is 25.0 Å².